The van der Waals surface area contributed by atoms with Crippen molar-refractivity contribution in [3.05, 3.63) is 86.0 Å². The Labute approximate surface area is 174 Å². The zero-order chi connectivity index (χ0) is 21.5. The van der Waals surface area contributed by atoms with Crippen LogP contribution in [0.2, 0.25) is 5.02 Å². The highest BCUT2D eigenvalue weighted by Gasteiger charge is 2.31. The van der Waals surface area contributed by atoms with Crippen molar-refractivity contribution in [3.8, 4) is 11.4 Å². The van der Waals surface area contributed by atoms with E-state index in [4.69, 9.17) is 11.6 Å². The summed E-state index contributed by atoms with van der Waals surface area (Å²) in [7, 11) is 0. The minimum Gasteiger partial charge on any atom is -0.306 e. The normalized spacial score (nSPS) is 14.6. The van der Waals surface area contributed by atoms with Gasteiger partial charge in [-0.15, -0.1) is 0 Å². The Bertz CT molecular complexity index is 1140. The monoisotopic (exact) mass is 437 g/mol. The van der Waals surface area contributed by atoms with Crippen LogP contribution in [0.5, 0.6) is 0 Å². The Hall–Kier alpha value is -2.71. The molecule has 0 amide bonds. The molecule has 1 aliphatic heterocycles. The fraction of sp³-hybridized carbons (Fsp3) is 0.238. The van der Waals surface area contributed by atoms with Gasteiger partial charge in [0.25, 0.3) is 5.56 Å². The summed E-state index contributed by atoms with van der Waals surface area (Å²) in [6.07, 6.45) is -4.11. The highest BCUT2D eigenvalue weighted by atomic mass is 35.5. The van der Waals surface area contributed by atoms with Crippen molar-refractivity contribution in [2.75, 3.05) is 6.54 Å². The summed E-state index contributed by atoms with van der Waals surface area (Å²) in [5, 5.41) is 0.566. The quantitative estimate of drug-likeness (QED) is 0.598. The molecule has 0 spiro atoms. The molecule has 2 aromatic carbocycles. The second-order valence-corrected chi connectivity index (χ2v) is 7.55. The smallest absolute Gasteiger partial charge is 0.306 e. The zero-order valence-corrected chi connectivity index (χ0v) is 16.3. The molecule has 4 nitrogen and oxygen atoms in total. The first-order chi connectivity index (χ1) is 14.2. The van der Waals surface area contributed by atoms with E-state index in [-0.39, 0.29) is 24.2 Å². The van der Waals surface area contributed by atoms with E-state index in [1.807, 2.05) is 0 Å². The van der Waals surface area contributed by atoms with Gasteiger partial charge in [-0.1, -0.05) is 11.6 Å². The van der Waals surface area contributed by atoms with Gasteiger partial charge < -0.3 is 4.98 Å². The second-order valence-electron chi connectivity index (χ2n) is 7.11. The van der Waals surface area contributed by atoms with Crippen molar-refractivity contribution >= 4 is 11.6 Å². The van der Waals surface area contributed by atoms with Crippen LogP contribution in [0, 0.1) is 5.82 Å². The van der Waals surface area contributed by atoms with Gasteiger partial charge in [0, 0.05) is 42.2 Å². The van der Waals surface area contributed by atoms with Crippen LogP contribution in [-0.2, 0) is 25.7 Å². The lowest BCUT2D eigenvalue weighted by molar-refractivity contribution is -0.137. The van der Waals surface area contributed by atoms with Crippen LogP contribution in [0.25, 0.3) is 11.4 Å². The maximum Gasteiger partial charge on any atom is 0.416 e. The Morgan fingerprint density at radius 1 is 1.13 bits per heavy atom. The van der Waals surface area contributed by atoms with E-state index in [0.29, 0.717) is 40.6 Å². The van der Waals surface area contributed by atoms with Gasteiger partial charge in [-0.2, -0.15) is 13.2 Å². The summed E-state index contributed by atoms with van der Waals surface area (Å²) in [6.45, 7) is 0.584. The van der Waals surface area contributed by atoms with Crippen LogP contribution < -0.4 is 5.56 Å². The van der Waals surface area contributed by atoms with E-state index < -0.39 is 17.6 Å². The number of H-pyrrole nitrogens is 1. The number of nitrogens with zero attached hydrogens (tertiary/aromatic N) is 2. The summed E-state index contributed by atoms with van der Waals surface area (Å²) < 4.78 is 52.9. The third-order valence-electron chi connectivity index (χ3n) is 5.03. The lowest BCUT2D eigenvalue weighted by Gasteiger charge is -2.28. The number of hydrogen-bond donors (Lipinski definition) is 1. The van der Waals surface area contributed by atoms with E-state index in [1.165, 1.54) is 0 Å². The number of benzene rings is 2. The first-order valence-electron chi connectivity index (χ1n) is 9.16. The molecule has 2 heterocycles. The van der Waals surface area contributed by atoms with E-state index in [0.717, 1.165) is 18.2 Å². The van der Waals surface area contributed by atoms with Crippen molar-refractivity contribution in [3.63, 3.8) is 0 Å². The van der Waals surface area contributed by atoms with Crippen LogP contribution in [0.4, 0.5) is 17.6 Å². The Balaban J connectivity index is 1.57. The summed E-state index contributed by atoms with van der Waals surface area (Å²) in [4.78, 5) is 21.6. The molecule has 1 aromatic heterocycles. The maximum atomic E-state index is 14.1. The number of nitrogens with one attached hydrogen (secondary N) is 1. The van der Waals surface area contributed by atoms with Crippen molar-refractivity contribution in [2.45, 2.75) is 25.7 Å². The average molecular weight is 438 g/mol. The van der Waals surface area contributed by atoms with Gasteiger partial charge in [-0.3, -0.25) is 9.69 Å². The second kappa shape index (κ2) is 7.85. The molecule has 0 radical (unpaired) electrons. The van der Waals surface area contributed by atoms with E-state index in [1.54, 1.807) is 29.2 Å². The molecule has 156 valence electrons. The Kier molecular flexibility index (Phi) is 5.38. The number of fused-ring (bicyclic) bond motifs is 1. The molecule has 0 saturated heterocycles. The molecule has 0 saturated carbocycles. The minimum absolute atomic E-state index is 0.0342. The van der Waals surface area contributed by atoms with E-state index in [2.05, 4.69) is 9.97 Å². The standard InChI is InChI=1S/C21H16ClF4N3O/c22-15-4-1-12(2-5-15)19-27-18-7-8-29(11-16(18)20(30)28-19)10-13-9-14(21(24,25)26)3-6-17(13)23/h1-6,9H,7-8,10-11H2,(H,27,28,30). The van der Waals surface area contributed by atoms with Gasteiger partial charge in [0.1, 0.15) is 11.6 Å². The Morgan fingerprint density at radius 2 is 1.87 bits per heavy atom. The molecule has 0 unspecified atom stereocenters. The molecule has 0 bridgehead atoms. The summed E-state index contributed by atoms with van der Waals surface area (Å²) in [6, 6.07) is 9.25. The summed E-state index contributed by atoms with van der Waals surface area (Å²) >= 11 is 5.89. The highest BCUT2D eigenvalue weighted by molar-refractivity contribution is 6.30. The molecule has 3 aromatic rings. The van der Waals surface area contributed by atoms with Gasteiger partial charge in [-0.25, -0.2) is 9.37 Å². The minimum atomic E-state index is -4.55. The predicted molar refractivity (Wildman–Crippen MR) is 105 cm³/mol. The largest absolute Gasteiger partial charge is 0.416 e. The molecule has 0 atom stereocenters. The fourth-order valence-corrected chi connectivity index (χ4v) is 3.60. The van der Waals surface area contributed by atoms with Crippen LogP contribution in [0.1, 0.15) is 22.4 Å². The molecular formula is C21H16ClF4N3O. The van der Waals surface area contributed by atoms with Crippen LogP contribution in [0.15, 0.2) is 47.3 Å². The number of aromatic nitrogens is 2. The summed E-state index contributed by atoms with van der Waals surface area (Å²) in [5.41, 5.74) is 0.501. The first-order valence-corrected chi connectivity index (χ1v) is 9.54. The number of halogens is 5. The van der Waals surface area contributed by atoms with Crippen molar-refractivity contribution in [1.82, 2.24) is 14.9 Å². The SMILES string of the molecule is O=c1[nH]c(-c2ccc(Cl)cc2)nc2c1CN(Cc1cc(C(F)(F)F)ccc1F)CC2. The lowest BCUT2D eigenvalue weighted by atomic mass is 10.0. The number of hydrogen-bond acceptors (Lipinski definition) is 3. The van der Waals surface area contributed by atoms with Gasteiger partial charge in [-0.05, 0) is 42.5 Å². The van der Waals surface area contributed by atoms with Gasteiger partial charge in [0.15, 0.2) is 0 Å². The average Bonchev–Trinajstić information content (AvgIpc) is 2.69. The van der Waals surface area contributed by atoms with Crippen molar-refractivity contribution < 1.29 is 17.6 Å². The topological polar surface area (TPSA) is 49.0 Å². The van der Waals surface area contributed by atoms with Crippen molar-refractivity contribution in [1.29, 1.82) is 0 Å². The molecule has 0 aliphatic carbocycles. The van der Waals surface area contributed by atoms with Crippen LogP contribution >= 0.6 is 11.6 Å². The molecular weight excluding hydrogens is 422 g/mol. The third kappa shape index (κ3) is 4.24. The third-order valence-corrected chi connectivity index (χ3v) is 5.28. The molecule has 30 heavy (non-hydrogen) atoms. The predicted octanol–water partition coefficient (Wildman–Crippen LogP) is 4.81. The highest BCUT2D eigenvalue weighted by Crippen LogP contribution is 2.31. The van der Waals surface area contributed by atoms with E-state index >= 15 is 0 Å². The number of alkyl halides is 3. The molecule has 4 rings (SSSR count). The van der Waals surface area contributed by atoms with E-state index in [9.17, 15) is 22.4 Å². The fourth-order valence-electron chi connectivity index (χ4n) is 3.47. The zero-order valence-electron chi connectivity index (χ0n) is 15.6. The van der Waals surface area contributed by atoms with Crippen LogP contribution in [0.3, 0.4) is 0 Å². The van der Waals surface area contributed by atoms with Crippen LogP contribution in [-0.4, -0.2) is 21.4 Å². The number of aromatic amines is 1. The van der Waals surface area contributed by atoms with Gasteiger partial charge in [0.2, 0.25) is 0 Å². The van der Waals surface area contributed by atoms with Gasteiger partial charge >= 0.3 is 6.18 Å². The maximum absolute atomic E-state index is 14.1. The molecule has 0 fully saturated rings. The molecule has 1 N–H and O–H groups in total. The van der Waals surface area contributed by atoms with Crippen molar-refractivity contribution in [2.24, 2.45) is 0 Å². The number of rotatable bonds is 3. The lowest BCUT2D eigenvalue weighted by Crippen LogP contribution is -2.35. The summed E-state index contributed by atoms with van der Waals surface area (Å²) in [5.74, 6) is -0.285. The molecule has 1 aliphatic rings. The van der Waals surface area contributed by atoms with Gasteiger partial charge in [0.05, 0.1) is 16.8 Å². The first kappa shape index (κ1) is 20.6. The molecule has 9 heteroatoms. The Morgan fingerprint density at radius 3 is 2.57 bits per heavy atom.